The molecule has 0 aromatic heterocycles. The zero-order chi connectivity index (χ0) is 23.9. The summed E-state index contributed by atoms with van der Waals surface area (Å²) in [6.45, 7) is 9.50. The van der Waals surface area contributed by atoms with Gasteiger partial charge in [0.05, 0.1) is 18.1 Å². The van der Waals surface area contributed by atoms with Crippen LogP contribution in [0.25, 0.3) is 0 Å². The zero-order valence-corrected chi connectivity index (χ0v) is 19.9. The van der Waals surface area contributed by atoms with E-state index in [0.29, 0.717) is 13.0 Å². The third-order valence-electron chi connectivity index (χ3n) is 5.47. The monoisotopic (exact) mass is 448 g/mol. The van der Waals surface area contributed by atoms with E-state index in [1.165, 1.54) is 4.90 Å². The Morgan fingerprint density at radius 3 is 2.44 bits per heavy atom. The van der Waals surface area contributed by atoms with Crippen LogP contribution in [0.3, 0.4) is 0 Å². The summed E-state index contributed by atoms with van der Waals surface area (Å²) >= 11 is 0. The molecule has 8 heteroatoms. The van der Waals surface area contributed by atoms with Crippen LogP contribution in [0.5, 0.6) is 0 Å². The predicted octanol–water partition coefficient (Wildman–Crippen LogP) is 4.44. The van der Waals surface area contributed by atoms with Crippen molar-refractivity contribution in [3.63, 3.8) is 0 Å². The number of methoxy groups -OCH3 is 1. The smallest absolute Gasteiger partial charge is 0.417 e. The zero-order valence-electron chi connectivity index (χ0n) is 19.9. The molecule has 0 bridgehead atoms. The number of hydrogen-bond donors (Lipinski definition) is 1. The van der Waals surface area contributed by atoms with Crippen molar-refractivity contribution in [1.29, 1.82) is 0 Å². The highest BCUT2D eigenvalue weighted by Gasteiger charge is 2.45. The number of hydrogen-bond acceptors (Lipinski definition) is 6. The molecule has 8 nitrogen and oxygen atoms in total. The minimum absolute atomic E-state index is 0.306. The number of carbonyl (C=O) groups excluding carboxylic acids is 3. The highest BCUT2D eigenvalue weighted by atomic mass is 16.6. The van der Waals surface area contributed by atoms with E-state index < -0.39 is 35.9 Å². The average molecular weight is 449 g/mol. The van der Waals surface area contributed by atoms with Crippen LogP contribution in [0.15, 0.2) is 30.3 Å². The average Bonchev–Trinajstić information content (AvgIpc) is 3.03. The molecule has 1 aromatic carbocycles. The number of alkyl carbamates (subject to hydrolysis) is 1. The second-order valence-electron chi connectivity index (χ2n) is 9.15. The van der Waals surface area contributed by atoms with Crippen molar-refractivity contribution in [2.24, 2.45) is 5.92 Å². The summed E-state index contributed by atoms with van der Waals surface area (Å²) in [5, 5.41) is 2.72. The van der Waals surface area contributed by atoms with Crippen molar-refractivity contribution in [2.75, 3.05) is 13.7 Å². The van der Waals surface area contributed by atoms with Crippen molar-refractivity contribution < 1.29 is 28.6 Å². The molecule has 1 aliphatic heterocycles. The maximum Gasteiger partial charge on any atom is 0.417 e. The molecule has 1 heterocycles. The quantitative estimate of drug-likeness (QED) is 0.561. The second-order valence-corrected chi connectivity index (χ2v) is 9.15. The second kappa shape index (κ2) is 11.3. The van der Waals surface area contributed by atoms with Gasteiger partial charge in [0.1, 0.15) is 11.7 Å². The Hall–Kier alpha value is -2.61. The van der Waals surface area contributed by atoms with Crippen LogP contribution in [0, 0.1) is 5.92 Å². The minimum atomic E-state index is -0.625. The highest BCUT2D eigenvalue weighted by Crippen LogP contribution is 2.34. The largest absolute Gasteiger partial charge is 0.444 e. The fourth-order valence-corrected chi connectivity index (χ4v) is 3.77. The standard InChI is InChI=1S/C24H36N2O6/c1-16(19(30-6)14-10-11-15-25-22(28)32-24(3,4)5)21(27)26-17(2)20(31-23(26)29)18-12-8-7-9-13-18/h7-9,12-13,16-17,19-20H,10-11,14-15H2,1-6H3,(H,25,28)/t16-,17-,19?,20-/m1/s1. The van der Waals surface area contributed by atoms with Gasteiger partial charge < -0.3 is 19.5 Å². The number of nitrogens with one attached hydrogen (secondary N) is 1. The molecule has 1 N–H and O–H groups in total. The predicted molar refractivity (Wildman–Crippen MR) is 120 cm³/mol. The molecule has 0 radical (unpaired) electrons. The molecule has 0 aliphatic carbocycles. The van der Waals surface area contributed by atoms with Crippen molar-refractivity contribution in [1.82, 2.24) is 10.2 Å². The Morgan fingerprint density at radius 1 is 1.19 bits per heavy atom. The van der Waals surface area contributed by atoms with Gasteiger partial charge in [-0.2, -0.15) is 0 Å². The SMILES string of the molecule is COC(CCCCNC(=O)OC(C)(C)C)[C@@H](C)C(=O)N1C(=O)O[C@@H](c2ccccc2)[C@H]1C. The molecule has 1 unspecified atom stereocenters. The van der Waals surface area contributed by atoms with E-state index in [2.05, 4.69) is 5.32 Å². The van der Waals surface area contributed by atoms with Crippen LogP contribution in [-0.4, -0.2) is 54.4 Å². The molecule has 1 saturated heterocycles. The number of benzene rings is 1. The molecular weight excluding hydrogens is 412 g/mol. The van der Waals surface area contributed by atoms with Crippen molar-refractivity contribution in [3.8, 4) is 0 Å². The van der Waals surface area contributed by atoms with E-state index in [0.717, 1.165) is 18.4 Å². The summed E-state index contributed by atoms with van der Waals surface area (Å²) < 4.78 is 16.3. The molecular formula is C24H36N2O6. The normalized spacial score (nSPS) is 20.4. The third-order valence-corrected chi connectivity index (χ3v) is 5.47. The molecule has 0 spiro atoms. The molecule has 178 valence electrons. The van der Waals surface area contributed by atoms with Gasteiger partial charge >= 0.3 is 12.2 Å². The van der Waals surface area contributed by atoms with Crippen molar-refractivity contribution >= 4 is 18.1 Å². The Kier molecular flexibility index (Phi) is 9.07. The molecule has 0 saturated carbocycles. The summed E-state index contributed by atoms with van der Waals surface area (Å²) in [6.07, 6.45) is 0.188. The van der Waals surface area contributed by atoms with E-state index in [9.17, 15) is 14.4 Å². The minimum Gasteiger partial charge on any atom is -0.444 e. The van der Waals surface area contributed by atoms with E-state index in [1.807, 2.05) is 58.0 Å². The molecule has 2 rings (SSSR count). The van der Waals surface area contributed by atoms with Gasteiger partial charge in [0.15, 0.2) is 0 Å². The van der Waals surface area contributed by atoms with Crippen LogP contribution >= 0.6 is 0 Å². The van der Waals surface area contributed by atoms with Crippen LogP contribution in [0.1, 0.15) is 65.5 Å². The molecule has 3 amide bonds. The molecule has 4 atom stereocenters. The van der Waals surface area contributed by atoms with Crippen LogP contribution in [0.4, 0.5) is 9.59 Å². The van der Waals surface area contributed by atoms with E-state index in [4.69, 9.17) is 14.2 Å². The summed E-state index contributed by atoms with van der Waals surface area (Å²) in [5.74, 6) is -0.817. The molecule has 1 aliphatic rings. The van der Waals surface area contributed by atoms with Crippen LogP contribution in [0.2, 0.25) is 0 Å². The first-order chi connectivity index (χ1) is 15.0. The fourth-order valence-electron chi connectivity index (χ4n) is 3.77. The summed E-state index contributed by atoms with van der Waals surface area (Å²) in [4.78, 5) is 38.5. The third kappa shape index (κ3) is 6.95. The lowest BCUT2D eigenvalue weighted by molar-refractivity contribution is -0.137. The number of rotatable bonds is 9. The lowest BCUT2D eigenvalue weighted by atomic mass is 9.96. The topological polar surface area (TPSA) is 94.2 Å². The first-order valence-corrected chi connectivity index (χ1v) is 11.1. The molecule has 1 fully saturated rings. The number of carbonyl (C=O) groups is 3. The van der Waals surface area contributed by atoms with Gasteiger partial charge in [-0.25, -0.2) is 14.5 Å². The first kappa shape index (κ1) is 25.6. The maximum atomic E-state index is 13.1. The van der Waals surface area contributed by atoms with Gasteiger partial charge in [-0.15, -0.1) is 0 Å². The first-order valence-electron chi connectivity index (χ1n) is 11.1. The van der Waals surface area contributed by atoms with Crippen LogP contribution in [-0.2, 0) is 19.0 Å². The van der Waals surface area contributed by atoms with Gasteiger partial charge in [-0.05, 0) is 52.5 Å². The highest BCUT2D eigenvalue weighted by molar-refractivity contribution is 5.95. The van der Waals surface area contributed by atoms with Gasteiger partial charge in [0.2, 0.25) is 5.91 Å². The Balaban J connectivity index is 1.86. The van der Waals surface area contributed by atoms with Crippen molar-refractivity contribution in [2.45, 2.75) is 77.7 Å². The fraction of sp³-hybridized carbons (Fsp3) is 0.625. The Morgan fingerprint density at radius 2 is 1.84 bits per heavy atom. The van der Waals surface area contributed by atoms with E-state index >= 15 is 0 Å². The van der Waals surface area contributed by atoms with Gasteiger partial charge in [0, 0.05) is 13.7 Å². The number of cyclic esters (lactones) is 1. The van der Waals surface area contributed by atoms with Gasteiger partial charge in [-0.3, -0.25) is 4.79 Å². The number of nitrogens with zero attached hydrogens (tertiary/aromatic N) is 1. The molecule has 1 aromatic rings. The Labute approximate surface area is 190 Å². The summed E-state index contributed by atoms with van der Waals surface area (Å²) in [5.41, 5.74) is 0.325. The maximum absolute atomic E-state index is 13.1. The van der Waals surface area contributed by atoms with Crippen LogP contribution < -0.4 is 5.32 Å². The summed E-state index contributed by atoms with van der Waals surface area (Å²) in [7, 11) is 1.56. The summed E-state index contributed by atoms with van der Waals surface area (Å²) in [6, 6.07) is 9.01. The Bertz CT molecular complexity index is 776. The lowest BCUT2D eigenvalue weighted by Gasteiger charge is -2.27. The lowest BCUT2D eigenvalue weighted by Crippen LogP contribution is -2.44. The van der Waals surface area contributed by atoms with Crippen molar-refractivity contribution in [3.05, 3.63) is 35.9 Å². The number of amides is 3. The number of unbranched alkanes of at least 4 members (excludes halogenated alkanes) is 1. The van der Waals surface area contributed by atoms with Gasteiger partial charge in [0.25, 0.3) is 0 Å². The number of ether oxygens (including phenoxy) is 3. The molecule has 32 heavy (non-hydrogen) atoms. The number of imide groups is 1. The van der Waals surface area contributed by atoms with E-state index in [-0.39, 0.29) is 12.0 Å². The van der Waals surface area contributed by atoms with E-state index in [1.54, 1.807) is 14.0 Å². The van der Waals surface area contributed by atoms with Gasteiger partial charge in [-0.1, -0.05) is 37.3 Å².